The van der Waals surface area contributed by atoms with Gasteiger partial charge in [0.25, 0.3) is 10.0 Å². The van der Waals surface area contributed by atoms with Gasteiger partial charge in [0.1, 0.15) is 5.75 Å². The first-order valence-corrected chi connectivity index (χ1v) is 11.1. The van der Waals surface area contributed by atoms with Gasteiger partial charge in [-0.25, -0.2) is 13.2 Å². The van der Waals surface area contributed by atoms with Crippen LogP contribution in [0.1, 0.15) is 21.5 Å². The highest BCUT2D eigenvalue weighted by molar-refractivity contribution is 7.92. The molecular formula is C24H21NO6S. The van der Waals surface area contributed by atoms with E-state index in [0.29, 0.717) is 17.0 Å². The Balaban J connectivity index is 1.62. The number of ether oxygens (including phenoxy) is 1. The van der Waals surface area contributed by atoms with E-state index in [1.54, 1.807) is 54.6 Å². The summed E-state index contributed by atoms with van der Waals surface area (Å²) in [5.41, 5.74) is 2.45. The topological polar surface area (TPSA) is 110 Å². The van der Waals surface area contributed by atoms with Gasteiger partial charge in [0, 0.05) is 11.3 Å². The van der Waals surface area contributed by atoms with Crippen LogP contribution in [0.15, 0.2) is 83.8 Å². The second kappa shape index (κ2) is 9.93. The molecule has 0 amide bonds. The highest BCUT2D eigenvalue weighted by atomic mass is 32.2. The average molecular weight is 452 g/mol. The fourth-order valence-electron chi connectivity index (χ4n) is 2.72. The highest BCUT2D eigenvalue weighted by Crippen LogP contribution is 2.18. The number of sulfonamides is 1. The molecule has 0 atom stereocenters. The minimum Gasteiger partial charge on any atom is -0.482 e. The molecule has 32 heavy (non-hydrogen) atoms. The van der Waals surface area contributed by atoms with Gasteiger partial charge in [0.05, 0.1) is 4.90 Å². The third kappa shape index (κ3) is 6.29. The number of ketones is 1. The Hall–Kier alpha value is -3.91. The zero-order valence-electron chi connectivity index (χ0n) is 17.2. The Morgan fingerprint density at radius 3 is 2.16 bits per heavy atom. The maximum Gasteiger partial charge on any atom is 0.341 e. The molecule has 3 aromatic rings. The predicted molar refractivity (Wildman–Crippen MR) is 121 cm³/mol. The first kappa shape index (κ1) is 22.8. The quantitative estimate of drug-likeness (QED) is 0.374. The van der Waals surface area contributed by atoms with Crippen molar-refractivity contribution in [2.75, 3.05) is 11.3 Å². The molecule has 0 aromatic heterocycles. The number of carboxylic acids is 1. The number of carbonyl (C=O) groups excluding carboxylic acids is 1. The van der Waals surface area contributed by atoms with E-state index in [1.807, 2.05) is 6.92 Å². The van der Waals surface area contributed by atoms with Gasteiger partial charge in [-0.15, -0.1) is 0 Å². The Labute approximate surface area is 186 Å². The summed E-state index contributed by atoms with van der Waals surface area (Å²) < 4.78 is 32.5. The minimum absolute atomic E-state index is 0.158. The fraction of sp³-hybridized carbons (Fsp3) is 0.0833. The number of anilines is 1. The van der Waals surface area contributed by atoms with Crippen LogP contribution in [0.25, 0.3) is 6.08 Å². The van der Waals surface area contributed by atoms with Crippen LogP contribution in [0, 0.1) is 6.92 Å². The van der Waals surface area contributed by atoms with Crippen molar-refractivity contribution in [1.82, 2.24) is 0 Å². The number of nitrogens with one attached hydrogen (secondary N) is 1. The molecule has 7 nitrogen and oxygen atoms in total. The van der Waals surface area contributed by atoms with Crippen LogP contribution >= 0.6 is 0 Å². The maximum absolute atomic E-state index is 12.5. The summed E-state index contributed by atoms with van der Waals surface area (Å²) in [6.07, 6.45) is 3.02. The molecule has 0 spiro atoms. The SMILES string of the molecule is Cc1ccc(S(=O)(=O)Nc2ccc(C(=O)/C=C/c3ccc(OCC(=O)O)cc3)cc2)cc1. The summed E-state index contributed by atoms with van der Waals surface area (Å²) in [6.45, 7) is 1.45. The summed E-state index contributed by atoms with van der Waals surface area (Å²) in [6, 6.07) is 19.3. The molecule has 0 bridgehead atoms. The Morgan fingerprint density at radius 1 is 0.938 bits per heavy atom. The zero-order chi connectivity index (χ0) is 23.1. The van der Waals surface area contributed by atoms with Gasteiger partial charge in [-0.2, -0.15) is 0 Å². The number of rotatable bonds is 9. The fourth-order valence-corrected chi connectivity index (χ4v) is 3.78. The van der Waals surface area contributed by atoms with E-state index in [0.717, 1.165) is 11.1 Å². The van der Waals surface area contributed by atoms with Crippen molar-refractivity contribution < 1.29 is 27.9 Å². The molecule has 0 aliphatic rings. The number of carbonyl (C=O) groups is 2. The van der Waals surface area contributed by atoms with Gasteiger partial charge in [-0.1, -0.05) is 35.9 Å². The van der Waals surface area contributed by atoms with Gasteiger partial charge >= 0.3 is 5.97 Å². The van der Waals surface area contributed by atoms with Crippen LogP contribution in [0.5, 0.6) is 5.75 Å². The zero-order valence-corrected chi connectivity index (χ0v) is 18.0. The first-order chi connectivity index (χ1) is 15.2. The third-order valence-corrected chi connectivity index (χ3v) is 5.82. The van der Waals surface area contributed by atoms with E-state index < -0.39 is 22.6 Å². The number of hydrogen-bond acceptors (Lipinski definition) is 5. The first-order valence-electron chi connectivity index (χ1n) is 9.59. The summed E-state index contributed by atoms with van der Waals surface area (Å²) in [7, 11) is -3.71. The maximum atomic E-state index is 12.5. The average Bonchev–Trinajstić information content (AvgIpc) is 2.77. The van der Waals surface area contributed by atoms with E-state index in [4.69, 9.17) is 9.84 Å². The van der Waals surface area contributed by atoms with Crippen LogP contribution in [-0.2, 0) is 14.8 Å². The summed E-state index contributed by atoms with van der Waals surface area (Å²) in [5, 5.41) is 8.61. The molecule has 3 aromatic carbocycles. The van der Waals surface area contributed by atoms with Crippen LogP contribution in [0.3, 0.4) is 0 Å². The predicted octanol–water partition coefficient (Wildman–Crippen LogP) is 4.16. The normalized spacial score (nSPS) is 11.3. The van der Waals surface area contributed by atoms with Gasteiger partial charge in [-0.3, -0.25) is 9.52 Å². The van der Waals surface area contributed by atoms with Crippen LogP contribution in [0.2, 0.25) is 0 Å². The molecule has 0 saturated heterocycles. The minimum atomic E-state index is -3.71. The summed E-state index contributed by atoms with van der Waals surface area (Å²) >= 11 is 0. The lowest BCUT2D eigenvalue weighted by molar-refractivity contribution is -0.139. The molecule has 0 aliphatic carbocycles. The lowest BCUT2D eigenvalue weighted by Gasteiger charge is -2.08. The third-order valence-electron chi connectivity index (χ3n) is 4.42. The molecule has 0 radical (unpaired) electrons. The van der Waals surface area contributed by atoms with Crippen LogP contribution in [-0.4, -0.2) is 31.9 Å². The van der Waals surface area contributed by atoms with Crippen LogP contribution in [0.4, 0.5) is 5.69 Å². The van der Waals surface area contributed by atoms with Crippen molar-refractivity contribution >= 4 is 33.5 Å². The summed E-state index contributed by atoms with van der Waals surface area (Å²) in [4.78, 5) is 23.1. The standard InChI is InChI=1S/C24H21NO6S/c1-17-2-13-22(14-3-17)32(29,30)25-20-9-7-19(8-10-20)23(26)15-6-18-4-11-21(12-5-18)31-16-24(27)28/h2-15,25H,16H2,1H3,(H,27,28)/b15-6+. The lowest BCUT2D eigenvalue weighted by Crippen LogP contribution is -2.13. The number of carboxylic acid groups (broad SMARTS) is 1. The number of aryl methyl sites for hydroxylation is 1. The molecule has 2 N–H and O–H groups in total. The van der Waals surface area contributed by atoms with Crippen molar-refractivity contribution in [3.63, 3.8) is 0 Å². The molecule has 0 saturated carbocycles. The second-order valence-corrected chi connectivity index (χ2v) is 8.63. The van der Waals surface area contributed by atoms with Crippen LogP contribution < -0.4 is 9.46 Å². The highest BCUT2D eigenvalue weighted by Gasteiger charge is 2.14. The molecule has 164 valence electrons. The van der Waals surface area contributed by atoms with Crippen molar-refractivity contribution in [2.45, 2.75) is 11.8 Å². The van der Waals surface area contributed by atoms with Crippen molar-refractivity contribution in [3.8, 4) is 5.75 Å². The van der Waals surface area contributed by atoms with Crippen molar-refractivity contribution in [3.05, 3.63) is 95.6 Å². The van der Waals surface area contributed by atoms with Gasteiger partial charge in [0.15, 0.2) is 12.4 Å². The van der Waals surface area contributed by atoms with Crippen molar-refractivity contribution in [2.24, 2.45) is 0 Å². The number of benzene rings is 3. The van der Waals surface area contributed by atoms with E-state index in [2.05, 4.69) is 4.72 Å². The number of allylic oxidation sites excluding steroid dienone is 1. The van der Waals surface area contributed by atoms with Gasteiger partial charge < -0.3 is 9.84 Å². The van der Waals surface area contributed by atoms with Gasteiger partial charge in [-0.05, 0) is 67.1 Å². The Kier molecular flexibility index (Phi) is 7.07. The number of aliphatic carboxylic acids is 1. The molecule has 3 rings (SSSR count). The largest absolute Gasteiger partial charge is 0.482 e. The molecule has 0 heterocycles. The number of hydrogen-bond donors (Lipinski definition) is 2. The molecule has 0 fully saturated rings. The lowest BCUT2D eigenvalue weighted by atomic mass is 10.1. The molecule has 0 aliphatic heterocycles. The molecule has 0 unspecified atom stereocenters. The smallest absolute Gasteiger partial charge is 0.341 e. The van der Waals surface area contributed by atoms with E-state index >= 15 is 0 Å². The Bertz CT molecular complexity index is 1230. The van der Waals surface area contributed by atoms with Crippen molar-refractivity contribution in [1.29, 1.82) is 0 Å². The molecule has 8 heteroatoms. The van der Waals surface area contributed by atoms with E-state index in [1.165, 1.54) is 30.3 Å². The van der Waals surface area contributed by atoms with E-state index in [9.17, 15) is 18.0 Å². The molecular weight excluding hydrogens is 430 g/mol. The second-order valence-electron chi connectivity index (χ2n) is 6.94. The Morgan fingerprint density at radius 2 is 1.56 bits per heavy atom. The monoisotopic (exact) mass is 451 g/mol. The summed E-state index contributed by atoms with van der Waals surface area (Å²) in [5.74, 6) is -0.891. The van der Waals surface area contributed by atoms with Gasteiger partial charge in [0.2, 0.25) is 0 Å². The van der Waals surface area contributed by atoms with E-state index in [-0.39, 0.29) is 10.7 Å².